The number of amides is 2. The van der Waals surface area contributed by atoms with Crippen molar-refractivity contribution in [3.8, 4) is 0 Å². The van der Waals surface area contributed by atoms with E-state index in [1.807, 2.05) is 6.07 Å². The SMILES string of the molecule is C=C(C)C(=O)OC.CC1=CC(=O)N(c2ccccc2)C1=O. The van der Waals surface area contributed by atoms with Gasteiger partial charge in [-0.15, -0.1) is 0 Å². The highest BCUT2D eigenvalue weighted by atomic mass is 16.5. The molecule has 1 aromatic carbocycles. The number of hydrogen-bond donors (Lipinski definition) is 0. The van der Waals surface area contributed by atoms with Crippen molar-refractivity contribution in [2.45, 2.75) is 13.8 Å². The normalized spacial score (nSPS) is 13.3. The molecule has 2 rings (SSSR count). The van der Waals surface area contributed by atoms with Crippen molar-refractivity contribution in [1.82, 2.24) is 0 Å². The molecule has 0 saturated heterocycles. The molecule has 1 heterocycles. The molecule has 1 aromatic rings. The number of anilines is 1. The van der Waals surface area contributed by atoms with E-state index in [-0.39, 0.29) is 17.8 Å². The Balaban J connectivity index is 0.000000270. The fourth-order valence-electron chi connectivity index (χ4n) is 1.58. The maximum absolute atomic E-state index is 11.6. The summed E-state index contributed by atoms with van der Waals surface area (Å²) < 4.78 is 4.27. The van der Waals surface area contributed by atoms with E-state index in [1.165, 1.54) is 18.1 Å². The first-order chi connectivity index (χ1) is 9.88. The van der Waals surface area contributed by atoms with Crippen LogP contribution in [0.3, 0.4) is 0 Å². The summed E-state index contributed by atoms with van der Waals surface area (Å²) in [7, 11) is 1.33. The van der Waals surface area contributed by atoms with Gasteiger partial charge in [-0.2, -0.15) is 0 Å². The predicted molar refractivity (Wildman–Crippen MR) is 79.5 cm³/mol. The third-order valence-electron chi connectivity index (χ3n) is 2.65. The van der Waals surface area contributed by atoms with Crippen molar-refractivity contribution >= 4 is 23.5 Å². The molecular formula is C16H17NO4. The van der Waals surface area contributed by atoms with Crippen LogP contribution >= 0.6 is 0 Å². The number of rotatable bonds is 2. The third kappa shape index (κ3) is 4.14. The summed E-state index contributed by atoms with van der Waals surface area (Å²) >= 11 is 0. The molecule has 0 unspecified atom stereocenters. The van der Waals surface area contributed by atoms with E-state index in [0.29, 0.717) is 16.8 Å². The van der Waals surface area contributed by atoms with Crippen molar-refractivity contribution in [1.29, 1.82) is 0 Å². The molecule has 0 atom stereocenters. The lowest BCUT2D eigenvalue weighted by atomic mass is 10.3. The van der Waals surface area contributed by atoms with Crippen molar-refractivity contribution in [3.05, 3.63) is 54.1 Å². The van der Waals surface area contributed by atoms with Gasteiger partial charge in [-0.25, -0.2) is 9.69 Å². The second-order valence-corrected chi connectivity index (χ2v) is 4.41. The summed E-state index contributed by atoms with van der Waals surface area (Å²) in [6.45, 7) is 6.60. The van der Waals surface area contributed by atoms with E-state index in [4.69, 9.17) is 0 Å². The van der Waals surface area contributed by atoms with Gasteiger partial charge in [0.1, 0.15) is 0 Å². The second kappa shape index (κ2) is 7.19. The molecule has 0 spiro atoms. The quantitative estimate of drug-likeness (QED) is 0.475. The van der Waals surface area contributed by atoms with Gasteiger partial charge >= 0.3 is 5.97 Å². The van der Waals surface area contributed by atoms with Crippen LogP contribution < -0.4 is 4.90 Å². The van der Waals surface area contributed by atoms with Gasteiger partial charge in [-0.1, -0.05) is 24.8 Å². The van der Waals surface area contributed by atoms with Crippen LogP contribution in [-0.2, 0) is 19.1 Å². The monoisotopic (exact) mass is 287 g/mol. The zero-order valence-corrected chi connectivity index (χ0v) is 12.3. The summed E-state index contributed by atoms with van der Waals surface area (Å²) in [4.78, 5) is 34.3. The minimum Gasteiger partial charge on any atom is -0.466 e. The Hall–Kier alpha value is -2.69. The molecule has 2 amide bonds. The van der Waals surface area contributed by atoms with Crippen LogP contribution in [0, 0.1) is 0 Å². The zero-order valence-electron chi connectivity index (χ0n) is 12.3. The van der Waals surface area contributed by atoms with Crippen molar-refractivity contribution in [2.75, 3.05) is 12.0 Å². The van der Waals surface area contributed by atoms with E-state index in [9.17, 15) is 14.4 Å². The highest BCUT2D eigenvalue weighted by Gasteiger charge is 2.29. The summed E-state index contributed by atoms with van der Waals surface area (Å²) in [5, 5.41) is 0. The molecule has 0 radical (unpaired) electrons. The zero-order chi connectivity index (χ0) is 16.0. The van der Waals surface area contributed by atoms with Gasteiger partial charge in [0.15, 0.2) is 0 Å². The predicted octanol–water partition coefficient (Wildman–Crippen LogP) is 2.24. The standard InChI is InChI=1S/C11H9NO2.C5H8O2/c1-8-7-10(13)12(11(8)14)9-5-3-2-4-6-9;1-4(2)5(6)7-3/h2-7H,1H3;1H2,2-3H3. The summed E-state index contributed by atoms with van der Waals surface area (Å²) in [5.74, 6) is -0.847. The van der Waals surface area contributed by atoms with Crippen LogP contribution in [0.1, 0.15) is 13.8 Å². The molecule has 0 aromatic heterocycles. The molecule has 110 valence electrons. The fourth-order valence-corrected chi connectivity index (χ4v) is 1.58. The Bertz CT molecular complexity index is 602. The van der Waals surface area contributed by atoms with Gasteiger partial charge in [0.2, 0.25) is 0 Å². The van der Waals surface area contributed by atoms with Crippen LogP contribution in [0.25, 0.3) is 0 Å². The minimum atomic E-state index is -0.347. The Morgan fingerprint density at radius 1 is 1.19 bits per heavy atom. The average Bonchev–Trinajstić information content (AvgIpc) is 2.72. The number of benzene rings is 1. The van der Waals surface area contributed by atoms with E-state index < -0.39 is 0 Å². The van der Waals surface area contributed by atoms with Gasteiger partial charge in [-0.05, 0) is 26.0 Å². The number of esters is 1. The molecule has 1 aliphatic rings. The molecule has 5 heteroatoms. The fraction of sp³-hybridized carbons (Fsp3) is 0.188. The molecule has 0 aliphatic carbocycles. The number of ether oxygens (including phenoxy) is 1. The molecule has 0 bridgehead atoms. The first-order valence-corrected chi connectivity index (χ1v) is 6.24. The third-order valence-corrected chi connectivity index (χ3v) is 2.65. The first-order valence-electron chi connectivity index (χ1n) is 6.24. The van der Waals surface area contributed by atoms with Crippen LogP contribution in [0.5, 0.6) is 0 Å². The van der Waals surface area contributed by atoms with Crippen LogP contribution in [0.2, 0.25) is 0 Å². The highest BCUT2D eigenvalue weighted by Crippen LogP contribution is 2.21. The molecule has 0 N–H and O–H groups in total. The number of hydrogen-bond acceptors (Lipinski definition) is 4. The van der Waals surface area contributed by atoms with E-state index in [2.05, 4.69) is 11.3 Å². The smallest absolute Gasteiger partial charge is 0.332 e. The Morgan fingerprint density at radius 3 is 2.10 bits per heavy atom. The Labute approximate surface area is 123 Å². The lowest BCUT2D eigenvalue weighted by Crippen LogP contribution is -2.30. The largest absolute Gasteiger partial charge is 0.466 e. The lowest BCUT2D eigenvalue weighted by molar-refractivity contribution is -0.136. The van der Waals surface area contributed by atoms with E-state index >= 15 is 0 Å². The summed E-state index contributed by atoms with van der Waals surface area (Å²) in [5.41, 5.74) is 1.54. The number of para-hydroxylation sites is 1. The molecule has 0 fully saturated rings. The number of imide groups is 1. The van der Waals surface area contributed by atoms with Crippen molar-refractivity contribution < 1.29 is 19.1 Å². The van der Waals surface area contributed by atoms with Crippen molar-refractivity contribution in [3.63, 3.8) is 0 Å². The van der Waals surface area contributed by atoms with Gasteiger partial charge < -0.3 is 4.74 Å². The number of carbonyl (C=O) groups is 3. The van der Waals surface area contributed by atoms with Crippen LogP contribution in [-0.4, -0.2) is 24.9 Å². The van der Waals surface area contributed by atoms with Crippen molar-refractivity contribution in [2.24, 2.45) is 0 Å². The van der Waals surface area contributed by atoms with Crippen LogP contribution in [0.4, 0.5) is 5.69 Å². The maximum Gasteiger partial charge on any atom is 0.332 e. The number of methoxy groups -OCH3 is 1. The van der Waals surface area contributed by atoms with E-state index in [0.717, 1.165) is 0 Å². The van der Waals surface area contributed by atoms with Gasteiger partial charge in [0.25, 0.3) is 11.8 Å². The summed E-state index contributed by atoms with van der Waals surface area (Å²) in [6.07, 6.45) is 1.36. The second-order valence-electron chi connectivity index (χ2n) is 4.41. The van der Waals surface area contributed by atoms with Crippen LogP contribution in [0.15, 0.2) is 54.1 Å². The number of carbonyl (C=O) groups excluding carboxylic acids is 3. The van der Waals surface area contributed by atoms with Gasteiger partial charge in [0, 0.05) is 17.2 Å². The Morgan fingerprint density at radius 2 is 1.76 bits per heavy atom. The molecule has 5 nitrogen and oxygen atoms in total. The Kier molecular flexibility index (Phi) is 5.60. The molecular weight excluding hydrogens is 270 g/mol. The number of nitrogens with zero attached hydrogens (tertiary/aromatic N) is 1. The maximum atomic E-state index is 11.6. The summed E-state index contributed by atoms with van der Waals surface area (Å²) in [6, 6.07) is 8.91. The first kappa shape index (κ1) is 16.4. The van der Waals surface area contributed by atoms with Gasteiger partial charge in [-0.3, -0.25) is 9.59 Å². The topological polar surface area (TPSA) is 63.7 Å². The molecule has 0 saturated carbocycles. The molecule has 21 heavy (non-hydrogen) atoms. The molecule has 1 aliphatic heterocycles. The lowest BCUT2D eigenvalue weighted by Gasteiger charge is -2.13. The highest BCUT2D eigenvalue weighted by molar-refractivity contribution is 6.30. The van der Waals surface area contributed by atoms with E-state index in [1.54, 1.807) is 38.1 Å². The average molecular weight is 287 g/mol. The van der Waals surface area contributed by atoms with Gasteiger partial charge in [0.05, 0.1) is 12.8 Å². The minimum absolute atomic E-state index is 0.235.